The summed E-state index contributed by atoms with van der Waals surface area (Å²) in [6, 6.07) is 6.41. The SMILES string of the molecule is C[n+]1[nH]c2ccsc2c1N1CCCCC1.Cn1nc(N2CCCCC2)c2sccc21.c1cc2[nH]nc(N3CCCCC3)c2s1. The number of fused-ring (bicyclic) bond motifs is 3. The number of thiophene rings is 3. The molecule has 0 aliphatic carbocycles. The number of piperidine rings is 3. The zero-order valence-electron chi connectivity index (χ0n) is 25.9. The fraction of sp³-hybridized carbons (Fsp3) is 0.531. The van der Waals surface area contributed by atoms with E-state index >= 15 is 0 Å². The van der Waals surface area contributed by atoms with Crippen LogP contribution in [0.5, 0.6) is 0 Å². The highest BCUT2D eigenvalue weighted by molar-refractivity contribution is 7.18. The molecular formula is C32H44N9S3+. The number of hydrogen-bond donors (Lipinski definition) is 2. The molecule has 0 spiro atoms. The second-order valence-electron chi connectivity index (χ2n) is 12.1. The van der Waals surface area contributed by atoms with Crippen molar-refractivity contribution in [1.82, 2.24) is 25.1 Å². The number of rotatable bonds is 3. The van der Waals surface area contributed by atoms with Gasteiger partial charge in [0.25, 0.3) is 0 Å². The van der Waals surface area contributed by atoms with E-state index in [0.29, 0.717) is 0 Å². The van der Waals surface area contributed by atoms with Crippen molar-refractivity contribution in [3.63, 3.8) is 0 Å². The second-order valence-corrected chi connectivity index (χ2v) is 14.8. The number of nitrogens with zero attached hydrogens (tertiary/aromatic N) is 7. The summed E-state index contributed by atoms with van der Waals surface area (Å²) in [5.74, 6) is 3.73. The minimum Gasteiger partial charge on any atom is -0.354 e. The van der Waals surface area contributed by atoms with Gasteiger partial charge >= 0.3 is 5.82 Å². The van der Waals surface area contributed by atoms with Gasteiger partial charge in [-0.2, -0.15) is 14.9 Å². The monoisotopic (exact) mass is 650 g/mol. The molecule has 9 rings (SSSR count). The molecule has 2 N–H and O–H groups in total. The van der Waals surface area contributed by atoms with Gasteiger partial charge in [-0.3, -0.25) is 14.7 Å². The highest BCUT2D eigenvalue weighted by atomic mass is 32.1. The summed E-state index contributed by atoms with van der Waals surface area (Å²) in [4.78, 5) is 7.35. The van der Waals surface area contributed by atoms with Gasteiger partial charge in [0.15, 0.2) is 11.6 Å². The third kappa shape index (κ3) is 6.08. The normalized spacial score (nSPS) is 17.6. The molecule has 0 radical (unpaired) electrons. The highest BCUT2D eigenvalue weighted by Gasteiger charge is 2.26. The van der Waals surface area contributed by atoms with Crippen LogP contribution in [0.1, 0.15) is 57.8 Å². The Morgan fingerprint density at radius 1 is 0.636 bits per heavy atom. The summed E-state index contributed by atoms with van der Waals surface area (Å²) in [5.41, 5.74) is 3.71. The van der Waals surface area contributed by atoms with Gasteiger partial charge in [-0.25, -0.2) is 5.10 Å². The van der Waals surface area contributed by atoms with Crippen molar-refractivity contribution < 1.29 is 4.68 Å². The molecule has 3 saturated heterocycles. The molecule has 3 fully saturated rings. The van der Waals surface area contributed by atoms with E-state index in [2.05, 4.69) is 81.2 Å². The van der Waals surface area contributed by atoms with Crippen LogP contribution in [0.25, 0.3) is 30.6 Å². The number of aromatic nitrogens is 6. The Hall–Kier alpha value is -3.09. The van der Waals surface area contributed by atoms with Gasteiger partial charge in [0.2, 0.25) is 0 Å². The summed E-state index contributed by atoms with van der Waals surface area (Å²) < 4.78 is 8.22. The van der Waals surface area contributed by atoms with Crippen molar-refractivity contribution >= 4 is 82.1 Å². The third-order valence-electron chi connectivity index (χ3n) is 9.03. The first-order chi connectivity index (χ1) is 21.7. The quantitative estimate of drug-likeness (QED) is 0.197. The molecule has 0 amide bonds. The van der Waals surface area contributed by atoms with E-state index < -0.39 is 0 Å². The van der Waals surface area contributed by atoms with Crippen LogP contribution in [-0.2, 0) is 14.1 Å². The molecule has 9 nitrogen and oxygen atoms in total. The molecule has 0 atom stereocenters. The lowest BCUT2D eigenvalue weighted by atomic mass is 10.1. The predicted octanol–water partition coefficient (Wildman–Crippen LogP) is 7.28. The highest BCUT2D eigenvalue weighted by Crippen LogP contribution is 2.33. The first-order valence-corrected chi connectivity index (χ1v) is 18.8. The third-order valence-corrected chi connectivity index (χ3v) is 11.8. The van der Waals surface area contributed by atoms with E-state index in [-0.39, 0.29) is 0 Å². The summed E-state index contributed by atoms with van der Waals surface area (Å²) in [6.07, 6.45) is 12.0. The zero-order chi connectivity index (χ0) is 29.9. The van der Waals surface area contributed by atoms with Gasteiger partial charge in [0, 0.05) is 33.2 Å². The minimum atomic E-state index is 1.16. The average molecular weight is 651 g/mol. The lowest BCUT2D eigenvalue weighted by Crippen LogP contribution is -2.41. The Bertz CT molecular complexity index is 1770. The average Bonchev–Trinajstić information content (AvgIpc) is 3.90. The lowest BCUT2D eigenvalue weighted by Gasteiger charge is -2.26. The molecule has 3 aliphatic rings. The smallest absolute Gasteiger partial charge is 0.314 e. The van der Waals surface area contributed by atoms with Gasteiger partial charge in [-0.1, -0.05) is 0 Å². The lowest BCUT2D eigenvalue weighted by molar-refractivity contribution is -0.713. The van der Waals surface area contributed by atoms with Crippen LogP contribution >= 0.6 is 34.0 Å². The maximum Gasteiger partial charge on any atom is 0.314 e. The minimum absolute atomic E-state index is 1.16. The van der Waals surface area contributed by atoms with Gasteiger partial charge < -0.3 is 9.80 Å². The Kier molecular flexibility index (Phi) is 9.08. The van der Waals surface area contributed by atoms with Crippen molar-refractivity contribution in [1.29, 1.82) is 0 Å². The van der Waals surface area contributed by atoms with E-state index in [1.165, 1.54) is 126 Å². The Morgan fingerprint density at radius 2 is 1.18 bits per heavy atom. The molecule has 0 saturated carbocycles. The largest absolute Gasteiger partial charge is 0.354 e. The second kappa shape index (κ2) is 13.5. The van der Waals surface area contributed by atoms with E-state index in [1.54, 1.807) is 22.7 Å². The van der Waals surface area contributed by atoms with Crippen molar-refractivity contribution in [3.8, 4) is 0 Å². The maximum absolute atomic E-state index is 4.63. The van der Waals surface area contributed by atoms with Crippen LogP contribution in [-0.4, -0.2) is 64.3 Å². The molecule has 0 aromatic carbocycles. The number of anilines is 3. The van der Waals surface area contributed by atoms with Crippen LogP contribution in [0.4, 0.5) is 17.5 Å². The number of aryl methyl sites for hydroxylation is 2. The fourth-order valence-corrected chi connectivity index (χ4v) is 9.49. The van der Waals surface area contributed by atoms with Gasteiger partial charge in [0.1, 0.15) is 17.3 Å². The van der Waals surface area contributed by atoms with Crippen molar-refractivity contribution in [2.75, 3.05) is 54.0 Å². The van der Waals surface area contributed by atoms with Crippen LogP contribution in [0.15, 0.2) is 34.3 Å². The van der Waals surface area contributed by atoms with Crippen molar-refractivity contribution in [2.24, 2.45) is 14.1 Å². The van der Waals surface area contributed by atoms with Crippen LogP contribution in [0.2, 0.25) is 0 Å². The molecule has 234 valence electrons. The standard InChI is InChI=1S/2C11H15N3S.C10H13N3S/c1-13-9-5-8-15-10(9)11(12-13)14-6-3-2-4-7-14;1-13-11(14-6-3-2-4-7-14)10-9(12-13)5-8-15-10;1-2-5-13(6-3-1)10-9-8(11-12-10)4-7-14-9/h2*5,8H,2-4,6-7H2,1H3;4,7H,1-3,5-6H2,(H,11,12)/p+1. The molecule has 9 heterocycles. The maximum atomic E-state index is 4.63. The zero-order valence-corrected chi connectivity index (χ0v) is 28.4. The Morgan fingerprint density at radius 3 is 1.86 bits per heavy atom. The molecule has 3 aliphatic heterocycles. The summed E-state index contributed by atoms with van der Waals surface area (Å²) in [7, 11) is 4.14. The molecule has 44 heavy (non-hydrogen) atoms. The number of H-pyrrole nitrogens is 2. The van der Waals surface area contributed by atoms with E-state index in [1.807, 2.05) is 23.1 Å². The van der Waals surface area contributed by atoms with Gasteiger partial charge in [0.05, 0.1) is 33.5 Å². The molecule has 0 bridgehead atoms. The van der Waals surface area contributed by atoms with E-state index in [4.69, 9.17) is 0 Å². The summed E-state index contributed by atoms with van der Waals surface area (Å²) in [5, 5.41) is 21.9. The van der Waals surface area contributed by atoms with Gasteiger partial charge in [-0.15, -0.1) is 34.0 Å². The van der Waals surface area contributed by atoms with Crippen molar-refractivity contribution in [3.05, 3.63) is 34.3 Å². The summed E-state index contributed by atoms with van der Waals surface area (Å²) in [6.45, 7) is 7.08. The van der Waals surface area contributed by atoms with E-state index in [0.717, 1.165) is 18.9 Å². The fourth-order valence-electron chi connectivity index (χ4n) is 6.75. The first kappa shape index (κ1) is 29.6. The summed E-state index contributed by atoms with van der Waals surface area (Å²) >= 11 is 5.42. The van der Waals surface area contributed by atoms with E-state index in [9.17, 15) is 0 Å². The van der Waals surface area contributed by atoms with Crippen molar-refractivity contribution in [2.45, 2.75) is 57.8 Å². The number of aromatic amines is 2. The van der Waals surface area contributed by atoms with Crippen LogP contribution in [0.3, 0.4) is 0 Å². The van der Waals surface area contributed by atoms with Gasteiger partial charge in [-0.05, 0) is 92.1 Å². The molecule has 0 unspecified atom stereocenters. The van der Waals surface area contributed by atoms with Crippen LogP contribution in [0, 0.1) is 0 Å². The molecular weight excluding hydrogens is 607 g/mol. The molecule has 12 heteroatoms. The number of nitrogens with one attached hydrogen (secondary N) is 2. The topological polar surface area (TPSA) is 75.9 Å². The Labute approximate surface area is 271 Å². The predicted molar refractivity (Wildman–Crippen MR) is 188 cm³/mol. The van der Waals surface area contributed by atoms with Crippen LogP contribution < -0.4 is 19.4 Å². The Balaban J connectivity index is 0.000000107. The molecule has 6 aromatic rings. The molecule has 6 aromatic heterocycles. The number of hydrogen-bond acceptors (Lipinski definition) is 8. The first-order valence-electron chi connectivity index (χ1n) is 16.2.